The van der Waals surface area contributed by atoms with Gasteiger partial charge in [-0.2, -0.15) is 0 Å². The van der Waals surface area contributed by atoms with Crippen LogP contribution in [0.5, 0.6) is 5.75 Å². The Balaban J connectivity index is 2.02. The number of carbonyl (C=O) groups is 1. The summed E-state index contributed by atoms with van der Waals surface area (Å²) in [4.78, 5) is 16.1. The van der Waals surface area contributed by atoms with Crippen molar-refractivity contribution in [3.05, 3.63) is 69.6 Å². The van der Waals surface area contributed by atoms with E-state index >= 15 is 0 Å². The molecule has 0 radical (unpaired) electrons. The lowest BCUT2D eigenvalue weighted by Crippen LogP contribution is -2.07. The highest BCUT2D eigenvalue weighted by molar-refractivity contribution is 9.10. The maximum Gasteiger partial charge on any atom is 0.363 e. The van der Waals surface area contributed by atoms with Crippen molar-refractivity contribution in [1.82, 2.24) is 0 Å². The van der Waals surface area contributed by atoms with Gasteiger partial charge in [0.15, 0.2) is 5.70 Å². The molecule has 4 nitrogen and oxygen atoms in total. The Morgan fingerprint density at radius 3 is 2.78 bits per heavy atom. The molecule has 23 heavy (non-hydrogen) atoms. The Labute approximate surface area is 140 Å². The summed E-state index contributed by atoms with van der Waals surface area (Å²) in [5.41, 5.74) is 0.887. The summed E-state index contributed by atoms with van der Waals surface area (Å²) < 4.78 is 24.9. The van der Waals surface area contributed by atoms with Crippen molar-refractivity contribution in [1.29, 1.82) is 0 Å². The molecule has 1 aliphatic rings. The summed E-state index contributed by atoms with van der Waals surface area (Å²) in [6.45, 7) is 0. The molecule has 1 aliphatic heterocycles. The molecule has 0 fully saturated rings. The van der Waals surface area contributed by atoms with E-state index < -0.39 is 11.8 Å². The van der Waals surface area contributed by atoms with E-state index in [4.69, 9.17) is 9.47 Å². The third-order valence-electron chi connectivity index (χ3n) is 3.21. The molecular weight excluding hydrogens is 365 g/mol. The van der Waals surface area contributed by atoms with Crippen LogP contribution in [0.3, 0.4) is 0 Å². The second kappa shape index (κ2) is 6.34. The first-order chi connectivity index (χ1) is 11.1. The summed E-state index contributed by atoms with van der Waals surface area (Å²) in [5, 5.41) is 0. The van der Waals surface area contributed by atoms with Crippen LogP contribution in [0.25, 0.3) is 6.08 Å². The Hall–Kier alpha value is -2.47. The first kappa shape index (κ1) is 15.4. The van der Waals surface area contributed by atoms with Crippen LogP contribution >= 0.6 is 15.9 Å². The molecule has 0 bridgehead atoms. The van der Waals surface area contributed by atoms with Crippen LogP contribution in [-0.2, 0) is 9.53 Å². The summed E-state index contributed by atoms with van der Waals surface area (Å²) in [6, 6.07) is 11.4. The minimum absolute atomic E-state index is 0.0479. The lowest BCUT2D eigenvalue weighted by atomic mass is 10.1. The van der Waals surface area contributed by atoms with E-state index in [1.165, 1.54) is 19.2 Å². The molecule has 116 valence electrons. The molecule has 2 aromatic carbocycles. The van der Waals surface area contributed by atoms with Crippen LogP contribution in [0.15, 0.2) is 57.6 Å². The third kappa shape index (κ3) is 3.17. The molecule has 1 heterocycles. The molecule has 6 heteroatoms. The van der Waals surface area contributed by atoms with Gasteiger partial charge in [-0.15, -0.1) is 0 Å². The number of carbonyl (C=O) groups excluding carboxylic acids is 1. The van der Waals surface area contributed by atoms with Gasteiger partial charge in [0.25, 0.3) is 0 Å². The maximum absolute atomic E-state index is 13.8. The summed E-state index contributed by atoms with van der Waals surface area (Å²) in [7, 11) is 1.53. The van der Waals surface area contributed by atoms with E-state index in [0.717, 1.165) is 4.47 Å². The van der Waals surface area contributed by atoms with Crippen LogP contribution in [0.4, 0.5) is 4.39 Å². The van der Waals surface area contributed by atoms with Gasteiger partial charge in [-0.1, -0.05) is 28.1 Å². The topological polar surface area (TPSA) is 47.9 Å². The normalized spacial score (nSPS) is 15.5. The van der Waals surface area contributed by atoms with Crippen molar-refractivity contribution in [3.63, 3.8) is 0 Å². The quantitative estimate of drug-likeness (QED) is 0.602. The van der Waals surface area contributed by atoms with Crippen molar-refractivity contribution in [3.8, 4) is 5.75 Å². The molecule has 2 aromatic rings. The second-order valence-electron chi connectivity index (χ2n) is 4.70. The summed E-state index contributed by atoms with van der Waals surface area (Å²) >= 11 is 3.36. The average Bonchev–Trinajstić information content (AvgIpc) is 2.89. The van der Waals surface area contributed by atoms with Gasteiger partial charge in [0.1, 0.15) is 11.6 Å². The smallest absolute Gasteiger partial charge is 0.363 e. The summed E-state index contributed by atoms with van der Waals surface area (Å²) in [6.07, 6.45) is 1.54. The average molecular weight is 376 g/mol. The number of methoxy groups -OCH3 is 1. The molecule has 0 amide bonds. The number of benzene rings is 2. The first-order valence-corrected chi connectivity index (χ1v) is 7.49. The van der Waals surface area contributed by atoms with E-state index in [0.29, 0.717) is 11.3 Å². The largest absolute Gasteiger partial charge is 0.496 e. The van der Waals surface area contributed by atoms with Gasteiger partial charge in [-0.05, 0) is 36.4 Å². The van der Waals surface area contributed by atoms with E-state index in [1.54, 1.807) is 30.3 Å². The van der Waals surface area contributed by atoms with Gasteiger partial charge in [0.05, 0.1) is 12.7 Å². The molecule has 0 aromatic heterocycles. The standard InChI is InChI=1S/C17H11BrFNO3/c1-22-15-7-6-11(18)8-10(15)9-14-17(21)23-16(20-14)12-4-2-3-5-13(12)19/h2-9H,1H3/b14-9+. The van der Waals surface area contributed by atoms with Gasteiger partial charge < -0.3 is 9.47 Å². The van der Waals surface area contributed by atoms with Gasteiger partial charge in [0.2, 0.25) is 5.90 Å². The number of hydrogen-bond acceptors (Lipinski definition) is 4. The van der Waals surface area contributed by atoms with Crippen molar-refractivity contribution < 1.29 is 18.7 Å². The van der Waals surface area contributed by atoms with Crippen LogP contribution in [-0.4, -0.2) is 19.0 Å². The SMILES string of the molecule is COc1ccc(Br)cc1/C=C1/N=C(c2ccccc2F)OC1=O. The highest BCUT2D eigenvalue weighted by Gasteiger charge is 2.26. The number of halogens is 2. The zero-order chi connectivity index (χ0) is 16.4. The van der Waals surface area contributed by atoms with Crippen LogP contribution in [0, 0.1) is 5.82 Å². The number of rotatable bonds is 3. The molecule has 3 rings (SSSR count). The Bertz CT molecular complexity index is 845. The maximum atomic E-state index is 13.8. The fourth-order valence-electron chi connectivity index (χ4n) is 2.12. The molecule has 0 aliphatic carbocycles. The highest BCUT2D eigenvalue weighted by atomic mass is 79.9. The number of nitrogens with zero attached hydrogens (tertiary/aromatic N) is 1. The monoisotopic (exact) mass is 375 g/mol. The zero-order valence-corrected chi connectivity index (χ0v) is 13.6. The Morgan fingerprint density at radius 1 is 1.26 bits per heavy atom. The lowest BCUT2D eigenvalue weighted by Gasteiger charge is -2.04. The predicted octanol–water partition coefficient (Wildman–Crippen LogP) is 3.94. The predicted molar refractivity (Wildman–Crippen MR) is 87.7 cm³/mol. The van der Waals surface area contributed by atoms with E-state index in [2.05, 4.69) is 20.9 Å². The minimum atomic E-state index is -0.634. The molecule has 0 spiro atoms. The van der Waals surface area contributed by atoms with Crippen LogP contribution < -0.4 is 4.74 Å². The Morgan fingerprint density at radius 2 is 2.04 bits per heavy atom. The van der Waals surface area contributed by atoms with Crippen molar-refractivity contribution >= 4 is 33.9 Å². The molecule has 0 unspecified atom stereocenters. The Kier molecular flexibility index (Phi) is 4.25. The number of cyclic esters (lactones) is 1. The van der Waals surface area contributed by atoms with Gasteiger partial charge >= 0.3 is 5.97 Å². The second-order valence-corrected chi connectivity index (χ2v) is 5.62. The van der Waals surface area contributed by atoms with Crippen molar-refractivity contribution in [2.24, 2.45) is 4.99 Å². The minimum Gasteiger partial charge on any atom is -0.496 e. The number of hydrogen-bond donors (Lipinski definition) is 0. The van der Waals surface area contributed by atoms with E-state index in [-0.39, 0.29) is 17.2 Å². The van der Waals surface area contributed by atoms with E-state index in [1.807, 2.05) is 6.07 Å². The molecule has 0 saturated carbocycles. The summed E-state index contributed by atoms with van der Waals surface area (Å²) in [5.74, 6) is -0.595. The fraction of sp³-hybridized carbons (Fsp3) is 0.0588. The van der Waals surface area contributed by atoms with Gasteiger partial charge in [-0.3, -0.25) is 0 Å². The first-order valence-electron chi connectivity index (χ1n) is 6.69. The van der Waals surface area contributed by atoms with Crippen molar-refractivity contribution in [2.75, 3.05) is 7.11 Å². The zero-order valence-electron chi connectivity index (χ0n) is 12.0. The third-order valence-corrected chi connectivity index (χ3v) is 3.70. The van der Waals surface area contributed by atoms with Gasteiger partial charge in [-0.25, -0.2) is 14.2 Å². The van der Waals surface area contributed by atoms with Crippen molar-refractivity contribution in [2.45, 2.75) is 0 Å². The lowest BCUT2D eigenvalue weighted by molar-refractivity contribution is -0.129. The highest BCUT2D eigenvalue weighted by Crippen LogP contribution is 2.27. The molecular formula is C17H11BrFNO3. The molecule has 0 saturated heterocycles. The van der Waals surface area contributed by atoms with Crippen LogP contribution in [0.1, 0.15) is 11.1 Å². The van der Waals surface area contributed by atoms with Gasteiger partial charge in [0, 0.05) is 10.0 Å². The van der Waals surface area contributed by atoms with E-state index in [9.17, 15) is 9.18 Å². The molecule has 0 N–H and O–H groups in total. The van der Waals surface area contributed by atoms with Crippen LogP contribution in [0.2, 0.25) is 0 Å². The molecule has 0 atom stereocenters. The number of esters is 1. The number of aliphatic imine (C=N–C) groups is 1. The fourth-order valence-corrected chi connectivity index (χ4v) is 2.50. The number of ether oxygens (including phenoxy) is 2.